The highest BCUT2D eigenvalue weighted by Crippen LogP contribution is 2.24. The van der Waals surface area contributed by atoms with Crippen LogP contribution in [-0.4, -0.2) is 12.7 Å². The van der Waals surface area contributed by atoms with Crippen LogP contribution in [0.15, 0.2) is 0 Å². The molecule has 0 radical (unpaired) electrons. The van der Waals surface area contributed by atoms with Crippen LogP contribution in [0, 0.1) is 17.2 Å². The van der Waals surface area contributed by atoms with Crippen molar-refractivity contribution in [2.75, 3.05) is 6.61 Å². The highest BCUT2D eigenvalue weighted by atomic mass is 16.5. The Morgan fingerprint density at radius 2 is 2.23 bits per heavy atom. The molecule has 0 N–H and O–H groups in total. The Morgan fingerprint density at radius 3 is 2.92 bits per heavy atom. The first-order valence-electron chi connectivity index (χ1n) is 5.39. The van der Waals surface area contributed by atoms with Gasteiger partial charge < -0.3 is 4.74 Å². The maximum Gasteiger partial charge on any atom is 0.0747 e. The number of rotatable bonds is 5. The summed E-state index contributed by atoms with van der Waals surface area (Å²) in [5.74, 6) is 0.168. The zero-order valence-corrected chi connectivity index (χ0v) is 8.46. The van der Waals surface area contributed by atoms with Crippen LogP contribution in [0.5, 0.6) is 0 Å². The molecule has 0 aromatic carbocycles. The van der Waals surface area contributed by atoms with Gasteiger partial charge >= 0.3 is 0 Å². The molecule has 0 saturated carbocycles. The van der Waals surface area contributed by atoms with Crippen LogP contribution in [0.1, 0.15) is 45.4 Å². The van der Waals surface area contributed by atoms with Crippen LogP contribution in [0.25, 0.3) is 0 Å². The zero-order valence-electron chi connectivity index (χ0n) is 8.46. The van der Waals surface area contributed by atoms with Crippen LogP contribution in [0.2, 0.25) is 0 Å². The average molecular weight is 181 g/mol. The SMILES string of the molecule is CCCCCCC1OCCC1C#N. The predicted octanol–water partition coefficient (Wildman–Crippen LogP) is 2.89. The molecule has 2 unspecified atom stereocenters. The summed E-state index contributed by atoms with van der Waals surface area (Å²) in [6, 6.07) is 2.33. The lowest BCUT2D eigenvalue weighted by Gasteiger charge is -2.11. The van der Waals surface area contributed by atoms with Crippen molar-refractivity contribution in [3.05, 3.63) is 0 Å². The molecule has 0 aliphatic carbocycles. The van der Waals surface area contributed by atoms with E-state index >= 15 is 0 Å². The maximum absolute atomic E-state index is 8.81. The molecule has 0 aromatic heterocycles. The normalized spacial score (nSPS) is 27.4. The molecular weight excluding hydrogens is 162 g/mol. The summed E-state index contributed by atoms with van der Waals surface area (Å²) in [5.41, 5.74) is 0. The lowest BCUT2D eigenvalue weighted by atomic mass is 9.98. The van der Waals surface area contributed by atoms with E-state index in [1.165, 1.54) is 25.7 Å². The number of hydrogen-bond acceptors (Lipinski definition) is 2. The van der Waals surface area contributed by atoms with E-state index in [4.69, 9.17) is 10.00 Å². The Bertz CT molecular complexity index is 173. The Balaban J connectivity index is 2.10. The van der Waals surface area contributed by atoms with Crippen LogP contribution in [-0.2, 0) is 4.74 Å². The third kappa shape index (κ3) is 3.36. The Kier molecular flexibility index (Phi) is 4.85. The van der Waals surface area contributed by atoms with E-state index in [-0.39, 0.29) is 12.0 Å². The third-order valence-electron chi connectivity index (χ3n) is 2.72. The molecule has 2 atom stereocenters. The second-order valence-electron chi connectivity index (χ2n) is 3.78. The molecule has 2 nitrogen and oxygen atoms in total. The first kappa shape index (κ1) is 10.5. The van der Waals surface area contributed by atoms with Gasteiger partial charge in [0, 0.05) is 6.61 Å². The average Bonchev–Trinajstić information content (AvgIpc) is 2.60. The topological polar surface area (TPSA) is 33.0 Å². The Labute approximate surface area is 80.9 Å². The van der Waals surface area contributed by atoms with Gasteiger partial charge in [-0.15, -0.1) is 0 Å². The summed E-state index contributed by atoms with van der Waals surface area (Å²) in [6.45, 7) is 3.00. The van der Waals surface area contributed by atoms with Gasteiger partial charge in [-0.2, -0.15) is 5.26 Å². The van der Waals surface area contributed by atoms with Crippen molar-refractivity contribution >= 4 is 0 Å². The van der Waals surface area contributed by atoms with Crippen molar-refractivity contribution in [2.45, 2.75) is 51.6 Å². The number of ether oxygens (including phenoxy) is 1. The van der Waals surface area contributed by atoms with E-state index < -0.39 is 0 Å². The molecule has 13 heavy (non-hydrogen) atoms. The summed E-state index contributed by atoms with van der Waals surface area (Å²) >= 11 is 0. The first-order valence-corrected chi connectivity index (χ1v) is 5.39. The first-order chi connectivity index (χ1) is 6.38. The van der Waals surface area contributed by atoms with E-state index in [9.17, 15) is 0 Å². The molecule has 1 fully saturated rings. The lowest BCUT2D eigenvalue weighted by molar-refractivity contribution is 0.0908. The Morgan fingerprint density at radius 1 is 1.38 bits per heavy atom. The molecule has 0 spiro atoms. The minimum atomic E-state index is 0.168. The van der Waals surface area contributed by atoms with E-state index in [0.717, 1.165) is 19.4 Å². The van der Waals surface area contributed by atoms with Crippen LogP contribution in [0.3, 0.4) is 0 Å². The van der Waals surface area contributed by atoms with Crippen LogP contribution in [0.4, 0.5) is 0 Å². The largest absolute Gasteiger partial charge is 0.377 e. The van der Waals surface area contributed by atoms with Crippen molar-refractivity contribution in [3.8, 4) is 6.07 Å². The maximum atomic E-state index is 8.81. The molecular formula is C11H19NO. The van der Waals surface area contributed by atoms with Gasteiger partial charge in [-0.3, -0.25) is 0 Å². The molecule has 0 amide bonds. The van der Waals surface area contributed by atoms with Gasteiger partial charge in [0.25, 0.3) is 0 Å². The molecule has 2 heteroatoms. The summed E-state index contributed by atoms with van der Waals surface area (Å²) in [7, 11) is 0. The van der Waals surface area contributed by atoms with Gasteiger partial charge in [0.1, 0.15) is 0 Å². The fraction of sp³-hybridized carbons (Fsp3) is 0.909. The summed E-state index contributed by atoms with van der Waals surface area (Å²) in [6.07, 6.45) is 7.34. The van der Waals surface area contributed by atoms with Crippen molar-refractivity contribution in [1.29, 1.82) is 5.26 Å². The van der Waals surface area contributed by atoms with Crippen molar-refractivity contribution < 1.29 is 4.74 Å². The van der Waals surface area contributed by atoms with E-state index in [0.29, 0.717) is 0 Å². The summed E-state index contributed by atoms with van der Waals surface area (Å²) < 4.78 is 5.51. The minimum Gasteiger partial charge on any atom is -0.377 e. The van der Waals surface area contributed by atoms with Crippen LogP contribution < -0.4 is 0 Å². The van der Waals surface area contributed by atoms with Crippen molar-refractivity contribution in [1.82, 2.24) is 0 Å². The third-order valence-corrected chi connectivity index (χ3v) is 2.72. The fourth-order valence-electron chi connectivity index (χ4n) is 1.85. The summed E-state index contributed by atoms with van der Waals surface area (Å²) in [5, 5.41) is 8.81. The fourth-order valence-corrected chi connectivity index (χ4v) is 1.85. The van der Waals surface area contributed by atoms with E-state index in [1.54, 1.807) is 0 Å². The molecule has 1 saturated heterocycles. The highest BCUT2D eigenvalue weighted by Gasteiger charge is 2.27. The second kappa shape index (κ2) is 5.99. The smallest absolute Gasteiger partial charge is 0.0747 e. The zero-order chi connectivity index (χ0) is 9.52. The lowest BCUT2D eigenvalue weighted by Crippen LogP contribution is -2.13. The quantitative estimate of drug-likeness (QED) is 0.611. The molecule has 0 bridgehead atoms. The number of nitrogens with zero attached hydrogens (tertiary/aromatic N) is 1. The van der Waals surface area contributed by atoms with Crippen LogP contribution >= 0.6 is 0 Å². The van der Waals surface area contributed by atoms with E-state index in [2.05, 4.69) is 13.0 Å². The van der Waals surface area contributed by atoms with Gasteiger partial charge in [-0.1, -0.05) is 32.6 Å². The molecule has 74 valence electrons. The summed E-state index contributed by atoms with van der Waals surface area (Å²) in [4.78, 5) is 0. The van der Waals surface area contributed by atoms with Gasteiger partial charge in [-0.05, 0) is 12.8 Å². The number of nitriles is 1. The molecule has 1 aliphatic heterocycles. The highest BCUT2D eigenvalue weighted by molar-refractivity contribution is 4.92. The van der Waals surface area contributed by atoms with Crippen molar-refractivity contribution in [2.24, 2.45) is 5.92 Å². The van der Waals surface area contributed by atoms with Gasteiger partial charge in [-0.25, -0.2) is 0 Å². The van der Waals surface area contributed by atoms with Gasteiger partial charge in [0.15, 0.2) is 0 Å². The van der Waals surface area contributed by atoms with Gasteiger partial charge in [0.05, 0.1) is 18.1 Å². The Hall–Kier alpha value is -0.550. The number of hydrogen-bond donors (Lipinski definition) is 0. The van der Waals surface area contributed by atoms with E-state index in [1.807, 2.05) is 0 Å². The molecule has 0 aromatic rings. The molecule has 1 heterocycles. The minimum absolute atomic E-state index is 0.168. The second-order valence-corrected chi connectivity index (χ2v) is 3.78. The molecule has 1 aliphatic rings. The number of unbranched alkanes of at least 4 members (excludes halogenated alkanes) is 3. The standard InChI is InChI=1S/C11H19NO/c1-2-3-4-5-6-11-10(9-12)7-8-13-11/h10-11H,2-8H2,1H3. The van der Waals surface area contributed by atoms with Crippen molar-refractivity contribution in [3.63, 3.8) is 0 Å². The predicted molar refractivity (Wildman–Crippen MR) is 52.2 cm³/mol. The monoisotopic (exact) mass is 181 g/mol. The molecule has 1 rings (SSSR count). The van der Waals surface area contributed by atoms with Gasteiger partial charge in [0.2, 0.25) is 0 Å².